The summed E-state index contributed by atoms with van der Waals surface area (Å²) in [6.45, 7) is 10.7. The van der Waals surface area contributed by atoms with Crippen molar-refractivity contribution in [2.24, 2.45) is 5.92 Å². The predicted octanol–water partition coefficient (Wildman–Crippen LogP) is 9.95. The molecule has 4 N–H and O–H groups in total. The van der Waals surface area contributed by atoms with Gasteiger partial charge in [0, 0.05) is 16.8 Å². The van der Waals surface area contributed by atoms with E-state index in [0.29, 0.717) is 0 Å². The largest absolute Gasteiger partial charge is 0.457 e. The molecular weight excluding hydrogens is 504 g/mol. The van der Waals surface area contributed by atoms with Crippen molar-refractivity contribution in [3.8, 4) is 23.0 Å². The summed E-state index contributed by atoms with van der Waals surface area (Å²) in [5.41, 5.74) is 20.5. The Morgan fingerprint density at radius 2 is 1.00 bits per heavy atom. The number of anilines is 2. The van der Waals surface area contributed by atoms with Crippen molar-refractivity contribution in [3.05, 3.63) is 106 Å². The molecule has 0 amide bonds. The first-order valence-electron chi connectivity index (χ1n) is 15.0. The summed E-state index contributed by atoms with van der Waals surface area (Å²) in [6.07, 6.45) is 7.35. The third-order valence-electron chi connectivity index (χ3n) is 8.95. The third kappa shape index (κ3) is 6.07. The zero-order valence-electron chi connectivity index (χ0n) is 25.2. The number of nitrogen functional groups attached to an aromatic ring is 2. The van der Waals surface area contributed by atoms with Gasteiger partial charge in [-0.15, -0.1) is 0 Å². The lowest BCUT2D eigenvalue weighted by atomic mass is 9.62. The predicted molar refractivity (Wildman–Crippen MR) is 171 cm³/mol. The number of rotatable bonds is 8. The van der Waals surface area contributed by atoms with Gasteiger partial charge in [0.15, 0.2) is 0 Å². The van der Waals surface area contributed by atoms with Gasteiger partial charge in [0.05, 0.1) is 0 Å². The molecule has 0 bridgehead atoms. The fraction of sp³-hybridized carbons (Fsp3) is 0.351. The van der Waals surface area contributed by atoms with Gasteiger partial charge in [-0.25, -0.2) is 0 Å². The average molecular weight is 549 g/mol. The third-order valence-corrected chi connectivity index (χ3v) is 8.95. The SMILES string of the molecule is CCCC1CCC(c2ccc(Oc3ccc(N)cc3C)c(C)c2)(c2ccc(Oc3ccc(N)cc3C)c(C)c2)CC1. The van der Waals surface area contributed by atoms with Gasteiger partial charge in [0.25, 0.3) is 0 Å². The van der Waals surface area contributed by atoms with E-state index in [0.717, 1.165) is 75.4 Å². The summed E-state index contributed by atoms with van der Waals surface area (Å²) < 4.78 is 12.7. The van der Waals surface area contributed by atoms with E-state index in [1.165, 1.54) is 36.8 Å². The molecule has 0 spiro atoms. The molecule has 1 aliphatic rings. The molecule has 1 aliphatic carbocycles. The van der Waals surface area contributed by atoms with E-state index < -0.39 is 0 Å². The van der Waals surface area contributed by atoms with Gasteiger partial charge >= 0.3 is 0 Å². The zero-order valence-corrected chi connectivity index (χ0v) is 25.2. The summed E-state index contributed by atoms with van der Waals surface area (Å²) in [5.74, 6) is 4.26. The topological polar surface area (TPSA) is 70.5 Å². The molecule has 1 fully saturated rings. The van der Waals surface area contributed by atoms with Gasteiger partial charge in [-0.3, -0.25) is 0 Å². The Labute approximate surface area is 245 Å². The summed E-state index contributed by atoms with van der Waals surface area (Å²) in [5, 5.41) is 0. The minimum atomic E-state index is -0.0367. The summed E-state index contributed by atoms with van der Waals surface area (Å²) in [6, 6.07) is 25.1. The first-order valence-corrected chi connectivity index (χ1v) is 15.0. The first kappa shape index (κ1) is 28.6. The van der Waals surface area contributed by atoms with Crippen LogP contribution < -0.4 is 20.9 Å². The van der Waals surface area contributed by atoms with Crippen molar-refractivity contribution in [1.29, 1.82) is 0 Å². The van der Waals surface area contributed by atoms with E-state index in [2.05, 4.69) is 57.2 Å². The van der Waals surface area contributed by atoms with E-state index in [9.17, 15) is 0 Å². The van der Waals surface area contributed by atoms with E-state index in [1.807, 2.05) is 50.2 Å². The monoisotopic (exact) mass is 548 g/mol. The smallest absolute Gasteiger partial charge is 0.130 e. The lowest BCUT2D eigenvalue weighted by Gasteiger charge is -2.42. The van der Waals surface area contributed by atoms with Crippen LogP contribution in [0.4, 0.5) is 11.4 Å². The molecule has 4 heteroatoms. The Morgan fingerprint density at radius 1 is 0.610 bits per heavy atom. The molecular formula is C37H44N2O2. The Kier molecular flexibility index (Phi) is 8.30. The van der Waals surface area contributed by atoms with Crippen LogP contribution in [-0.4, -0.2) is 0 Å². The molecule has 0 radical (unpaired) electrons. The molecule has 5 rings (SSSR count). The minimum absolute atomic E-state index is 0.0367. The van der Waals surface area contributed by atoms with Crippen LogP contribution in [-0.2, 0) is 5.41 Å². The number of ether oxygens (including phenoxy) is 2. The Hall–Kier alpha value is -3.92. The number of hydrogen-bond donors (Lipinski definition) is 2. The Bertz CT molecular complexity index is 1430. The summed E-state index contributed by atoms with van der Waals surface area (Å²) in [7, 11) is 0. The second kappa shape index (κ2) is 11.9. The Morgan fingerprint density at radius 3 is 1.37 bits per heavy atom. The van der Waals surface area contributed by atoms with E-state index in [1.54, 1.807) is 0 Å². The molecule has 4 aromatic carbocycles. The van der Waals surface area contributed by atoms with Gasteiger partial charge < -0.3 is 20.9 Å². The quantitative estimate of drug-likeness (QED) is 0.215. The van der Waals surface area contributed by atoms with Crippen LogP contribution in [0.15, 0.2) is 72.8 Å². The van der Waals surface area contributed by atoms with Gasteiger partial charge in [0.2, 0.25) is 0 Å². The van der Waals surface area contributed by atoms with Crippen molar-refractivity contribution in [2.75, 3.05) is 11.5 Å². The second-order valence-electron chi connectivity index (χ2n) is 12.0. The van der Waals surface area contributed by atoms with Crippen LogP contribution in [0.2, 0.25) is 0 Å². The molecule has 41 heavy (non-hydrogen) atoms. The highest BCUT2D eigenvalue weighted by molar-refractivity contribution is 5.53. The lowest BCUT2D eigenvalue weighted by Crippen LogP contribution is -2.33. The van der Waals surface area contributed by atoms with Crippen molar-refractivity contribution < 1.29 is 9.47 Å². The number of aryl methyl sites for hydroxylation is 4. The fourth-order valence-corrected chi connectivity index (χ4v) is 6.55. The second-order valence-corrected chi connectivity index (χ2v) is 12.0. The molecule has 0 aromatic heterocycles. The lowest BCUT2D eigenvalue weighted by molar-refractivity contribution is 0.253. The maximum absolute atomic E-state index is 6.35. The molecule has 4 aromatic rings. The van der Waals surface area contributed by atoms with Gasteiger partial charge in [-0.1, -0.05) is 44.0 Å². The number of nitrogens with two attached hydrogens (primary N) is 2. The maximum Gasteiger partial charge on any atom is 0.130 e. The van der Waals surface area contributed by atoms with Crippen molar-refractivity contribution >= 4 is 11.4 Å². The van der Waals surface area contributed by atoms with Crippen LogP contribution in [0, 0.1) is 33.6 Å². The average Bonchev–Trinajstić information content (AvgIpc) is 2.94. The highest BCUT2D eigenvalue weighted by atomic mass is 16.5. The van der Waals surface area contributed by atoms with Crippen molar-refractivity contribution in [2.45, 2.75) is 78.6 Å². The molecule has 1 saturated carbocycles. The molecule has 0 heterocycles. The Balaban J connectivity index is 1.48. The van der Waals surface area contributed by atoms with Crippen molar-refractivity contribution in [3.63, 3.8) is 0 Å². The fourth-order valence-electron chi connectivity index (χ4n) is 6.55. The van der Waals surface area contributed by atoms with Crippen LogP contribution in [0.5, 0.6) is 23.0 Å². The number of benzene rings is 4. The van der Waals surface area contributed by atoms with Gasteiger partial charge in [-0.05, 0) is 141 Å². The van der Waals surface area contributed by atoms with Crippen LogP contribution in [0.25, 0.3) is 0 Å². The molecule has 0 aliphatic heterocycles. The van der Waals surface area contributed by atoms with Crippen LogP contribution >= 0.6 is 0 Å². The zero-order chi connectivity index (χ0) is 29.1. The molecule has 0 atom stereocenters. The van der Waals surface area contributed by atoms with E-state index in [-0.39, 0.29) is 5.41 Å². The molecule has 0 unspecified atom stereocenters. The number of hydrogen-bond acceptors (Lipinski definition) is 4. The molecule has 214 valence electrons. The van der Waals surface area contributed by atoms with Crippen molar-refractivity contribution in [1.82, 2.24) is 0 Å². The standard InChI is InChI=1S/C37H44N2O2/c1-6-7-28-16-18-37(19-17-28,29-8-12-33(24(2)20-29)40-35-14-10-31(38)22-26(35)4)30-9-13-34(25(3)21-30)41-36-15-11-32(39)23-27(36)5/h8-15,20-23,28H,6-7,16-19,38-39H2,1-5H3. The highest BCUT2D eigenvalue weighted by Gasteiger charge is 2.38. The van der Waals surface area contributed by atoms with E-state index in [4.69, 9.17) is 20.9 Å². The minimum Gasteiger partial charge on any atom is -0.457 e. The van der Waals surface area contributed by atoms with Gasteiger partial charge in [-0.2, -0.15) is 0 Å². The molecule has 4 nitrogen and oxygen atoms in total. The van der Waals surface area contributed by atoms with Crippen LogP contribution in [0.3, 0.4) is 0 Å². The maximum atomic E-state index is 6.35. The van der Waals surface area contributed by atoms with Gasteiger partial charge in [0.1, 0.15) is 23.0 Å². The van der Waals surface area contributed by atoms with E-state index >= 15 is 0 Å². The molecule has 0 saturated heterocycles. The van der Waals surface area contributed by atoms with Crippen LogP contribution in [0.1, 0.15) is 78.8 Å². The summed E-state index contributed by atoms with van der Waals surface area (Å²) in [4.78, 5) is 0. The normalized spacial score (nSPS) is 15.0. The first-order chi connectivity index (χ1) is 19.7. The summed E-state index contributed by atoms with van der Waals surface area (Å²) >= 11 is 0. The highest BCUT2D eigenvalue weighted by Crippen LogP contribution is 2.49.